The van der Waals surface area contributed by atoms with Crippen LogP contribution in [0, 0.1) is 12.8 Å². The lowest BCUT2D eigenvalue weighted by Gasteiger charge is -2.18. The van der Waals surface area contributed by atoms with E-state index in [4.69, 9.17) is 9.47 Å². The van der Waals surface area contributed by atoms with Gasteiger partial charge in [-0.25, -0.2) is 4.79 Å². The quantitative estimate of drug-likeness (QED) is 0.335. The number of fused-ring (bicyclic) bond motifs is 1. The Morgan fingerprint density at radius 1 is 1.31 bits per heavy atom. The molecule has 2 atom stereocenters. The number of hydrogen-bond acceptors (Lipinski definition) is 8. The summed E-state index contributed by atoms with van der Waals surface area (Å²) in [5.74, 6) is 1.56. The van der Waals surface area contributed by atoms with Gasteiger partial charge in [0.15, 0.2) is 17.1 Å². The van der Waals surface area contributed by atoms with Crippen LogP contribution in [0.4, 0.5) is 5.00 Å². The first-order valence-electron chi connectivity index (χ1n) is 11.6. The number of para-hydroxylation sites is 1. The van der Waals surface area contributed by atoms with Crippen LogP contribution in [-0.2, 0) is 29.4 Å². The average molecular weight is 515 g/mol. The number of esters is 1. The van der Waals surface area contributed by atoms with Gasteiger partial charge in [0.25, 0.3) is 0 Å². The first-order valence-corrected chi connectivity index (χ1v) is 13.4. The molecule has 3 aromatic rings. The molecule has 0 bridgehead atoms. The molecule has 0 aliphatic heterocycles. The lowest BCUT2D eigenvalue weighted by atomic mass is 9.88. The fourth-order valence-electron chi connectivity index (χ4n) is 4.19. The van der Waals surface area contributed by atoms with E-state index in [9.17, 15) is 9.59 Å². The maximum absolute atomic E-state index is 12.8. The summed E-state index contributed by atoms with van der Waals surface area (Å²) in [7, 11) is 3.23. The number of nitrogens with one attached hydrogen (secondary N) is 1. The Morgan fingerprint density at radius 2 is 2.09 bits per heavy atom. The monoisotopic (exact) mass is 514 g/mol. The van der Waals surface area contributed by atoms with Crippen molar-refractivity contribution in [2.24, 2.45) is 13.0 Å². The predicted octanol–water partition coefficient (Wildman–Crippen LogP) is 4.97. The lowest BCUT2D eigenvalue weighted by molar-refractivity contribution is -0.113. The van der Waals surface area contributed by atoms with Gasteiger partial charge in [0.2, 0.25) is 5.91 Å². The Morgan fingerprint density at radius 3 is 2.83 bits per heavy atom. The zero-order valence-electron chi connectivity index (χ0n) is 20.6. The van der Waals surface area contributed by atoms with E-state index in [2.05, 4.69) is 22.4 Å². The topological polar surface area (TPSA) is 95.3 Å². The van der Waals surface area contributed by atoms with Crippen molar-refractivity contribution in [1.29, 1.82) is 0 Å². The third-order valence-electron chi connectivity index (χ3n) is 6.12. The van der Waals surface area contributed by atoms with E-state index in [1.807, 2.05) is 49.7 Å². The summed E-state index contributed by atoms with van der Waals surface area (Å²) in [4.78, 5) is 26.4. The molecule has 1 aliphatic rings. The molecule has 186 valence electrons. The predicted molar refractivity (Wildman–Crippen MR) is 137 cm³/mol. The van der Waals surface area contributed by atoms with Gasteiger partial charge < -0.3 is 19.4 Å². The van der Waals surface area contributed by atoms with Crippen molar-refractivity contribution in [3.8, 4) is 5.75 Å². The van der Waals surface area contributed by atoms with Gasteiger partial charge >= 0.3 is 5.97 Å². The number of methoxy groups -OCH3 is 1. The molecule has 35 heavy (non-hydrogen) atoms. The Hall–Kier alpha value is -2.85. The normalized spacial score (nSPS) is 15.9. The molecule has 4 rings (SSSR count). The average Bonchev–Trinajstić information content (AvgIpc) is 3.37. The number of carbonyl (C=O) groups excluding carboxylic acids is 2. The van der Waals surface area contributed by atoms with Gasteiger partial charge in [-0.05, 0) is 56.2 Å². The summed E-state index contributed by atoms with van der Waals surface area (Å²) >= 11 is 2.77. The number of hydrogen-bond donors (Lipinski definition) is 1. The van der Waals surface area contributed by atoms with Crippen LogP contribution in [0.1, 0.15) is 58.6 Å². The summed E-state index contributed by atoms with van der Waals surface area (Å²) in [6.07, 6.45) is 2.46. The van der Waals surface area contributed by atoms with Crippen molar-refractivity contribution in [1.82, 2.24) is 14.8 Å². The molecule has 1 aliphatic carbocycles. The van der Waals surface area contributed by atoms with E-state index in [0.717, 1.165) is 41.0 Å². The number of amides is 1. The molecule has 2 aromatic heterocycles. The minimum atomic E-state index is -0.402. The maximum atomic E-state index is 12.8. The highest BCUT2D eigenvalue weighted by Gasteiger charge is 2.29. The smallest absolute Gasteiger partial charge is 0.341 e. The highest BCUT2D eigenvalue weighted by atomic mass is 32.2. The van der Waals surface area contributed by atoms with Crippen LogP contribution in [0.2, 0.25) is 0 Å². The Bertz CT molecular complexity index is 1240. The van der Waals surface area contributed by atoms with E-state index in [1.54, 1.807) is 0 Å². The summed E-state index contributed by atoms with van der Waals surface area (Å²) in [6, 6.07) is 7.82. The standard InChI is InChI=1S/C25H30N4O4S2/c1-14-10-11-17-19(12-14)35-23(21(17)24(31)32-5)26-20(30)13-34-25-28-27-22(29(25)4)16(3)33-18-9-7-6-8-15(18)2/h6-9,14,16H,10-13H2,1-5H3,(H,26,30). The molecule has 1 aromatic carbocycles. The van der Waals surface area contributed by atoms with Gasteiger partial charge in [-0.1, -0.05) is 36.9 Å². The summed E-state index contributed by atoms with van der Waals surface area (Å²) < 4.78 is 12.9. The molecule has 1 N–H and O–H groups in total. The number of aryl methyl sites for hydroxylation is 1. The second-order valence-corrected chi connectivity index (χ2v) is 10.9. The van der Waals surface area contributed by atoms with E-state index in [-0.39, 0.29) is 17.8 Å². The molecule has 1 amide bonds. The number of nitrogens with zero attached hydrogens (tertiary/aromatic N) is 3. The minimum absolute atomic E-state index is 0.137. The molecule has 0 spiro atoms. The fraction of sp³-hybridized carbons (Fsp3) is 0.440. The number of benzene rings is 1. The van der Waals surface area contributed by atoms with Crippen LogP contribution in [0.3, 0.4) is 0 Å². The number of thioether (sulfide) groups is 1. The lowest BCUT2D eigenvalue weighted by Crippen LogP contribution is -2.17. The van der Waals surface area contributed by atoms with Crippen molar-refractivity contribution in [3.63, 3.8) is 0 Å². The molecular formula is C25H30N4O4S2. The van der Waals surface area contributed by atoms with Crippen LogP contribution in [0.5, 0.6) is 5.75 Å². The summed E-state index contributed by atoms with van der Waals surface area (Å²) in [6.45, 7) is 6.12. The van der Waals surface area contributed by atoms with E-state index < -0.39 is 5.97 Å². The van der Waals surface area contributed by atoms with Crippen molar-refractivity contribution >= 4 is 40.0 Å². The molecule has 2 unspecified atom stereocenters. The van der Waals surface area contributed by atoms with Gasteiger partial charge in [0.1, 0.15) is 10.8 Å². The van der Waals surface area contributed by atoms with Crippen molar-refractivity contribution < 1.29 is 19.1 Å². The first-order chi connectivity index (χ1) is 16.8. The van der Waals surface area contributed by atoms with Gasteiger partial charge in [0.05, 0.1) is 18.4 Å². The van der Waals surface area contributed by atoms with E-state index >= 15 is 0 Å². The number of rotatable bonds is 8. The molecule has 8 nitrogen and oxygen atoms in total. The number of ether oxygens (including phenoxy) is 2. The number of carbonyl (C=O) groups is 2. The third kappa shape index (κ3) is 5.54. The zero-order chi connectivity index (χ0) is 25.1. The van der Waals surface area contributed by atoms with Gasteiger partial charge in [0, 0.05) is 11.9 Å². The Balaban J connectivity index is 1.41. The molecule has 0 saturated carbocycles. The zero-order valence-corrected chi connectivity index (χ0v) is 22.2. The Kier molecular flexibility index (Phi) is 7.81. The molecule has 0 radical (unpaired) electrons. The summed E-state index contributed by atoms with van der Waals surface area (Å²) in [5.41, 5.74) is 2.56. The number of thiophene rings is 1. The van der Waals surface area contributed by atoms with Crippen molar-refractivity contribution in [2.45, 2.75) is 51.3 Å². The second kappa shape index (κ2) is 10.8. The fourth-order valence-corrected chi connectivity index (χ4v) is 6.32. The van der Waals surface area contributed by atoms with E-state index in [0.29, 0.717) is 27.5 Å². The van der Waals surface area contributed by atoms with Crippen LogP contribution < -0.4 is 10.1 Å². The molecule has 2 heterocycles. The third-order valence-corrected chi connectivity index (χ3v) is 8.31. The highest BCUT2D eigenvalue weighted by Crippen LogP contribution is 2.40. The van der Waals surface area contributed by atoms with Crippen LogP contribution in [0.15, 0.2) is 29.4 Å². The largest absolute Gasteiger partial charge is 0.482 e. The van der Waals surface area contributed by atoms with Crippen LogP contribution >= 0.6 is 23.1 Å². The highest BCUT2D eigenvalue weighted by molar-refractivity contribution is 7.99. The second-order valence-electron chi connectivity index (χ2n) is 8.81. The SMILES string of the molecule is COC(=O)c1c(NC(=O)CSc2nnc(C(C)Oc3ccccc3C)n2C)sc2c1CCC(C)C2. The molecule has 10 heteroatoms. The molecule has 0 fully saturated rings. The molecular weight excluding hydrogens is 484 g/mol. The first kappa shape index (κ1) is 25.2. The molecule has 0 saturated heterocycles. The van der Waals surface area contributed by atoms with Gasteiger partial charge in [-0.3, -0.25) is 4.79 Å². The summed E-state index contributed by atoms with van der Waals surface area (Å²) in [5, 5.41) is 12.6. The van der Waals surface area contributed by atoms with Crippen molar-refractivity contribution in [2.75, 3.05) is 18.2 Å². The van der Waals surface area contributed by atoms with E-state index in [1.165, 1.54) is 30.2 Å². The number of aromatic nitrogens is 3. The van der Waals surface area contributed by atoms with Crippen LogP contribution in [0.25, 0.3) is 0 Å². The van der Waals surface area contributed by atoms with Gasteiger partial charge in [-0.15, -0.1) is 21.5 Å². The van der Waals surface area contributed by atoms with Crippen molar-refractivity contribution in [3.05, 3.63) is 51.7 Å². The number of anilines is 1. The minimum Gasteiger partial charge on any atom is -0.482 e. The van der Waals surface area contributed by atoms with Gasteiger partial charge in [-0.2, -0.15) is 0 Å². The maximum Gasteiger partial charge on any atom is 0.341 e. The van der Waals surface area contributed by atoms with Crippen LogP contribution in [-0.4, -0.2) is 39.5 Å². The Labute approximate surface area is 213 Å².